The predicted molar refractivity (Wildman–Crippen MR) is 118 cm³/mol. The van der Waals surface area contributed by atoms with Crippen LogP contribution in [0.5, 0.6) is 0 Å². The van der Waals surface area contributed by atoms with Crippen molar-refractivity contribution in [3.8, 4) is 5.69 Å². The molecular formula is C23H23F2N7O2. The lowest BCUT2D eigenvalue weighted by molar-refractivity contribution is -0.137. The molecule has 2 fully saturated rings. The highest BCUT2D eigenvalue weighted by molar-refractivity contribution is 6.00. The van der Waals surface area contributed by atoms with Crippen molar-refractivity contribution in [3.63, 3.8) is 0 Å². The third kappa shape index (κ3) is 4.51. The van der Waals surface area contributed by atoms with Crippen LogP contribution in [0.25, 0.3) is 5.69 Å². The monoisotopic (exact) mass is 467 g/mol. The number of piperazine rings is 1. The van der Waals surface area contributed by atoms with Gasteiger partial charge in [0, 0.05) is 44.8 Å². The minimum Gasteiger partial charge on any atom is -0.340 e. The first-order valence-electron chi connectivity index (χ1n) is 11.1. The van der Waals surface area contributed by atoms with Gasteiger partial charge in [0.2, 0.25) is 11.8 Å². The molecule has 1 unspecified atom stereocenters. The maximum absolute atomic E-state index is 13.6. The maximum atomic E-state index is 13.6. The average Bonchev–Trinajstić information content (AvgIpc) is 3.46. The molecule has 34 heavy (non-hydrogen) atoms. The van der Waals surface area contributed by atoms with Crippen LogP contribution in [0.1, 0.15) is 12.2 Å². The largest absolute Gasteiger partial charge is 0.340 e. The molecule has 5 rings (SSSR count). The highest BCUT2D eigenvalue weighted by Gasteiger charge is 2.38. The second kappa shape index (κ2) is 9.26. The van der Waals surface area contributed by atoms with E-state index in [2.05, 4.69) is 20.4 Å². The molecule has 2 aromatic carbocycles. The summed E-state index contributed by atoms with van der Waals surface area (Å²) in [5.74, 6) is -0.735. The molecule has 1 aromatic heterocycles. The molecule has 2 aliphatic heterocycles. The first kappa shape index (κ1) is 22.1. The van der Waals surface area contributed by atoms with Crippen LogP contribution in [0.4, 0.5) is 14.5 Å². The number of anilines is 1. The molecule has 11 heteroatoms. The van der Waals surface area contributed by atoms with Gasteiger partial charge in [0.1, 0.15) is 11.6 Å². The number of rotatable bonds is 5. The Morgan fingerprint density at radius 1 is 0.971 bits per heavy atom. The molecule has 3 aromatic rings. The minimum absolute atomic E-state index is 0.0396. The Labute approximate surface area is 194 Å². The molecule has 2 saturated heterocycles. The van der Waals surface area contributed by atoms with Crippen LogP contribution in [0.15, 0.2) is 48.5 Å². The summed E-state index contributed by atoms with van der Waals surface area (Å²) >= 11 is 0. The van der Waals surface area contributed by atoms with E-state index in [0.29, 0.717) is 56.5 Å². The van der Waals surface area contributed by atoms with Crippen LogP contribution in [0.3, 0.4) is 0 Å². The Balaban J connectivity index is 1.17. The molecule has 1 atom stereocenters. The molecule has 0 bridgehead atoms. The molecule has 0 saturated carbocycles. The van der Waals surface area contributed by atoms with E-state index in [-0.39, 0.29) is 29.9 Å². The van der Waals surface area contributed by atoms with E-state index in [1.54, 1.807) is 34.1 Å². The fraction of sp³-hybridized carbons (Fsp3) is 0.348. The third-order valence-electron chi connectivity index (χ3n) is 6.25. The van der Waals surface area contributed by atoms with Crippen molar-refractivity contribution in [2.24, 2.45) is 5.92 Å². The lowest BCUT2D eigenvalue weighted by Gasteiger charge is -2.35. The highest BCUT2D eigenvalue weighted by Crippen LogP contribution is 2.27. The van der Waals surface area contributed by atoms with Crippen LogP contribution in [0, 0.1) is 17.6 Å². The van der Waals surface area contributed by atoms with Crippen LogP contribution >= 0.6 is 0 Å². The number of nitrogens with zero attached hydrogens (tertiary/aromatic N) is 7. The summed E-state index contributed by atoms with van der Waals surface area (Å²) in [6.07, 6.45) is 0.152. The molecule has 3 heterocycles. The number of hydrogen-bond acceptors (Lipinski definition) is 6. The fourth-order valence-electron chi connectivity index (χ4n) is 4.44. The van der Waals surface area contributed by atoms with Crippen LogP contribution < -0.4 is 4.90 Å². The summed E-state index contributed by atoms with van der Waals surface area (Å²) < 4.78 is 28.3. The van der Waals surface area contributed by atoms with E-state index in [1.807, 2.05) is 0 Å². The molecule has 9 nitrogen and oxygen atoms in total. The van der Waals surface area contributed by atoms with Crippen LogP contribution in [0.2, 0.25) is 0 Å². The van der Waals surface area contributed by atoms with Crippen molar-refractivity contribution >= 4 is 17.5 Å². The smallest absolute Gasteiger partial charge is 0.228 e. The van der Waals surface area contributed by atoms with Crippen molar-refractivity contribution in [2.45, 2.75) is 13.0 Å². The highest BCUT2D eigenvalue weighted by atomic mass is 19.1. The van der Waals surface area contributed by atoms with Gasteiger partial charge in [-0.1, -0.05) is 6.07 Å². The summed E-state index contributed by atoms with van der Waals surface area (Å²) in [6, 6.07) is 11.8. The van der Waals surface area contributed by atoms with Gasteiger partial charge in [-0.3, -0.25) is 14.5 Å². The van der Waals surface area contributed by atoms with E-state index < -0.39 is 5.92 Å². The number of benzene rings is 2. The number of hydrogen-bond donors (Lipinski definition) is 0. The van der Waals surface area contributed by atoms with Crippen molar-refractivity contribution in [1.82, 2.24) is 30.0 Å². The van der Waals surface area contributed by atoms with Crippen LogP contribution in [-0.4, -0.2) is 74.5 Å². The molecule has 2 aliphatic rings. The first-order chi connectivity index (χ1) is 16.5. The SMILES string of the molecule is O=C(C1CC(=O)N(c2ccc(F)cc2)C1)N1CCN(Cc2nnnn2-c2cccc(F)c2)CC1. The predicted octanol–water partition coefficient (Wildman–Crippen LogP) is 1.64. The zero-order chi connectivity index (χ0) is 23.7. The number of halogens is 2. The molecule has 176 valence electrons. The second-order valence-corrected chi connectivity index (χ2v) is 8.47. The van der Waals surface area contributed by atoms with Crippen molar-refractivity contribution < 1.29 is 18.4 Å². The summed E-state index contributed by atoms with van der Waals surface area (Å²) in [6.45, 7) is 3.08. The molecule has 0 N–H and O–H groups in total. The van der Waals surface area contributed by atoms with Crippen molar-refractivity contribution in [2.75, 3.05) is 37.6 Å². The maximum Gasteiger partial charge on any atom is 0.228 e. The number of tetrazole rings is 1. The van der Waals surface area contributed by atoms with E-state index >= 15 is 0 Å². The lowest BCUT2D eigenvalue weighted by atomic mass is 10.1. The van der Waals surface area contributed by atoms with Crippen LogP contribution in [-0.2, 0) is 16.1 Å². The number of carbonyl (C=O) groups is 2. The molecular weight excluding hydrogens is 444 g/mol. The van der Waals surface area contributed by atoms with E-state index in [9.17, 15) is 18.4 Å². The lowest BCUT2D eigenvalue weighted by Crippen LogP contribution is -2.50. The Kier molecular flexibility index (Phi) is 6.01. The van der Waals surface area contributed by atoms with Crippen molar-refractivity contribution in [3.05, 3.63) is 66.0 Å². The number of aromatic nitrogens is 4. The topological polar surface area (TPSA) is 87.5 Å². The van der Waals surface area contributed by atoms with Gasteiger partial charge in [-0.2, -0.15) is 4.68 Å². The van der Waals surface area contributed by atoms with Gasteiger partial charge in [0.25, 0.3) is 0 Å². The zero-order valence-corrected chi connectivity index (χ0v) is 18.3. The molecule has 2 amide bonds. The molecule has 0 spiro atoms. The third-order valence-corrected chi connectivity index (χ3v) is 6.25. The summed E-state index contributed by atoms with van der Waals surface area (Å²) in [4.78, 5) is 31.0. The van der Waals surface area contributed by atoms with E-state index in [0.717, 1.165) is 0 Å². The van der Waals surface area contributed by atoms with E-state index in [1.165, 1.54) is 28.9 Å². The quantitative estimate of drug-likeness (QED) is 0.567. The number of amides is 2. The van der Waals surface area contributed by atoms with Gasteiger partial charge in [0.05, 0.1) is 18.2 Å². The minimum atomic E-state index is -0.413. The molecule has 0 aliphatic carbocycles. The molecule has 0 radical (unpaired) electrons. The Morgan fingerprint density at radius 2 is 1.74 bits per heavy atom. The Hall–Kier alpha value is -3.73. The fourth-order valence-corrected chi connectivity index (χ4v) is 4.44. The Morgan fingerprint density at radius 3 is 2.47 bits per heavy atom. The summed E-state index contributed by atoms with van der Waals surface area (Å²) in [5, 5.41) is 11.8. The van der Waals surface area contributed by atoms with Gasteiger partial charge >= 0.3 is 0 Å². The van der Waals surface area contributed by atoms with E-state index in [4.69, 9.17) is 0 Å². The first-order valence-corrected chi connectivity index (χ1v) is 11.1. The Bertz CT molecular complexity index is 1190. The second-order valence-electron chi connectivity index (χ2n) is 8.47. The zero-order valence-electron chi connectivity index (χ0n) is 18.3. The van der Waals surface area contributed by atoms with Gasteiger partial charge in [-0.05, 0) is 52.9 Å². The summed E-state index contributed by atoms with van der Waals surface area (Å²) in [5.41, 5.74) is 1.15. The van der Waals surface area contributed by atoms with Gasteiger partial charge in [0.15, 0.2) is 5.82 Å². The van der Waals surface area contributed by atoms with Crippen molar-refractivity contribution in [1.29, 1.82) is 0 Å². The number of carbonyl (C=O) groups excluding carboxylic acids is 2. The normalized spacial score (nSPS) is 19.1. The average molecular weight is 467 g/mol. The summed E-state index contributed by atoms with van der Waals surface area (Å²) in [7, 11) is 0. The van der Waals surface area contributed by atoms with Gasteiger partial charge in [-0.25, -0.2) is 8.78 Å². The van der Waals surface area contributed by atoms with Gasteiger partial charge < -0.3 is 9.80 Å². The van der Waals surface area contributed by atoms with Gasteiger partial charge in [-0.15, -0.1) is 5.10 Å². The standard InChI is InChI=1S/C23H23F2N7O2/c24-17-4-6-19(7-5-17)31-14-16(12-22(31)33)23(34)30-10-8-29(9-11-30)15-21-26-27-28-32(21)20-3-1-2-18(25)13-20/h1-7,13,16H,8-12,14-15H2.